The molecule has 2 aromatic carbocycles. The van der Waals surface area contributed by atoms with Crippen LogP contribution in [-0.2, 0) is 70.1 Å². The summed E-state index contributed by atoms with van der Waals surface area (Å²) >= 11 is 0. The van der Waals surface area contributed by atoms with Gasteiger partial charge in [-0.25, -0.2) is 28.8 Å². The Hall–Kier alpha value is -5.98. The van der Waals surface area contributed by atoms with Gasteiger partial charge in [-0.1, -0.05) is 39.8 Å². The topological polar surface area (TPSA) is 321 Å². The van der Waals surface area contributed by atoms with E-state index in [1.54, 1.807) is 81.4 Å². The van der Waals surface area contributed by atoms with Gasteiger partial charge in [0.25, 0.3) is 0 Å². The molecular formula is C48H66Br2N4O18. The fraction of sp³-hybridized carbons (Fsp3) is 0.542. The summed E-state index contributed by atoms with van der Waals surface area (Å²) in [7, 11) is 0. The number of fused-ring (bicyclic) bond motifs is 2. The number of nitrogens with one attached hydrogen (secondary N) is 2. The lowest BCUT2D eigenvalue weighted by Gasteiger charge is -2.22. The van der Waals surface area contributed by atoms with E-state index < -0.39 is 96.6 Å². The normalized spacial score (nSPS) is 16.8. The third-order valence-electron chi connectivity index (χ3n) is 9.88. The number of nitrogens with two attached hydrogens (primary N) is 2. The highest BCUT2D eigenvalue weighted by Crippen LogP contribution is 2.33. The van der Waals surface area contributed by atoms with E-state index in [1.165, 1.54) is 24.3 Å². The van der Waals surface area contributed by atoms with E-state index >= 15 is 0 Å². The maximum Gasteiger partial charge on any atom is 0.408 e. The van der Waals surface area contributed by atoms with Gasteiger partial charge in [-0.3, -0.25) is 19.2 Å². The maximum atomic E-state index is 12.7. The van der Waals surface area contributed by atoms with E-state index in [0.29, 0.717) is 11.1 Å². The largest absolute Gasteiger partial charge is 0.461 e. The molecule has 2 amide bonds. The number of Topliss-reactive ketones (excluding diaryl/α,β-unsaturated/α-hetero) is 2. The Morgan fingerprint density at radius 2 is 0.861 bits per heavy atom. The minimum absolute atomic E-state index is 0. The molecule has 2 heterocycles. The van der Waals surface area contributed by atoms with Crippen LogP contribution in [0.2, 0.25) is 0 Å². The molecule has 2 aliphatic rings. The average molecular weight is 1150 g/mol. The zero-order valence-corrected chi connectivity index (χ0v) is 45.2. The fourth-order valence-electron chi connectivity index (χ4n) is 6.24. The molecule has 6 atom stereocenters. The highest BCUT2D eigenvalue weighted by molar-refractivity contribution is 8.93. The third kappa shape index (κ3) is 21.8. The summed E-state index contributed by atoms with van der Waals surface area (Å²) in [6, 6.07) is 4.13. The predicted octanol–water partition coefficient (Wildman–Crippen LogP) is 4.80. The molecule has 0 fully saturated rings. The van der Waals surface area contributed by atoms with Crippen molar-refractivity contribution in [2.24, 2.45) is 23.3 Å². The maximum absolute atomic E-state index is 12.7. The van der Waals surface area contributed by atoms with E-state index in [9.17, 15) is 47.9 Å². The summed E-state index contributed by atoms with van der Waals surface area (Å²) in [5, 5.41) is 4.94. The molecule has 0 bridgehead atoms. The van der Waals surface area contributed by atoms with E-state index in [2.05, 4.69) is 10.6 Å². The van der Waals surface area contributed by atoms with Crippen LogP contribution in [0.4, 0.5) is 9.59 Å². The van der Waals surface area contributed by atoms with Gasteiger partial charge in [-0.2, -0.15) is 0 Å². The standard InChI is InChI=1S/2C24H32N2O9.2BrH/c1-12(2)18(27)8-14(5)33-24(31)26-17(23(30)32-13(3)4)9-15-6-7-19-20(10-15)34-21(28)11-16(25)22(29)35-19;1-12(2)18(27)8-14(5)33-24(31)26-17(23(30)32-13(3)4)9-15-6-7-19-20(10-15)35-22(29)16(25)11-21(28)34-19;;/h2*6-7,10,12-14,16-17H,8-9,11,25H2,1-5H3,(H,26,31);2*1H/t2*14?,16?,17-;;/m00../s1. The SMILES string of the molecule is Br.Br.CC(C)OC(=O)[C@H](Cc1ccc2c(c1)OC(=O)C(N)CC(=O)O2)NC(=O)OC(C)CC(=O)C(C)C.CC(C)OC(=O)[C@H](Cc1ccc2c(c1)OC(=O)CC(N)C(=O)O2)NC(=O)OC(C)CC(=O)C(C)C. The first-order valence-corrected chi connectivity index (χ1v) is 22.7. The minimum Gasteiger partial charge on any atom is -0.461 e. The van der Waals surface area contributed by atoms with Crippen molar-refractivity contribution in [3.05, 3.63) is 47.5 Å². The minimum atomic E-state index is -1.17. The van der Waals surface area contributed by atoms with E-state index in [0.717, 1.165) is 0 Å². The van der Waals surface area contributed by atoms with Gasteiger partial charge >= 0.3 is 48.0 Å². The van der Waals surface area contributed by atoms with Crippen molar-refractivity contribution < 1.29 is 85.8 Å². The van der Waals surface area contributed by atoms with Crippen molar-refractivity contribution in [1.29, 1.82) is 0 Å². The van der Waals surface area contributed by atoms with Gasteiger partial charge in [0.05, 0.1) is 25.0 Å². The lowest BCUT2D eigenvalue weighted by Crippen LogP contribution is -2.45. The molecule has 6 N–H and O–H groups in total. The van der Waals surface area contributed by atoms with Crippen LogP contribution < -0.4 is 41.0 Å². The number of rotatable bonds is 18. The second-order valence-electron chi connectivity index (χ2n) is 17.8. The molecule has 2 aliphatic heterocycles. The lowest BCUT2D eigenvalue weighted by molar-refractivity contribution is -0.150. The van der Waals surface area contributed by atoms with Crippen LogP contribution >= 0.6 is 34.0 Å². The number of esters is 6. The first-order valence-electron chi connectivity index (χ1n) is 22.7. The number of hydrogen-bond donors (Lipinski definition) is 4. The molecule has 400 valence electrons. The molecule has 0 aromatic heterocycles. The van der Waals surface area contributed by atoms with Gasteiger partial charge in [0, 0.05) is 37.5 Å². The molecule has 4 unspecified atom stereocenters. The number of carbonyl (C=O) groups is 10. The molecule has 22 nitrogen and oxygen atoms in total. The molecule has 72 heavy (non-hydrogen) atoms. The second kappa shape index (κ2) is 30.1. The van der Waals surface area contributed by atoms with Gasteiger partial charge < -0.3 is 60.0 Å². The van der Waals surface area contributed by atoms with Crippen LogP contribution in [0.25, 0.3) is 0 Å². The zero-order valence-electron chi connectivity index (χ0n) is 41.8. The number of halogens is 2. The summed E-state index contributed by atoms with van der Waals surface area (Å²) < 4.78 is 41.8. The number of benzene rings is 2. The summed E-state index contributed by atoms with van der Waals surface area (Å²) in [5.74, 6) is -4.94. The molecule has 4 rings (SSSR count). The number of alkyl carbamates (subject to hydrolysis) is 2. The van der Waals surface area contributed by atoms with Crippen molar-refractivity contribution >= 4 is 93.5 Å². The fourth-order valence-corrected chi connectivity index (χ4v) is 6.24. The monoisotopic (exact) mass is 1140 g/mol. The number of amides is 2. The van der Waals surface area contributed by atoms with E-state index in [1.807, 2.05) is 0 Å². The lowest BCUT2D eigenvalue weighted by atomic mass is 10.0. The molecule has 24 heteroatoms. The van der Waals surface area contributed by atoms with Crippen LogP contribution in [0.3, 0.4) is 0 Å². The molecule has 0 saturated carbocycles. The van der Waals surface area contributed by atoms with Crippen molar-refractivity contribution in [2.75, 3.05) is 0 Å². The first-order chi connectivity index (χ1) is 32.7. The zero-order chi connectivity index (χ0) is 52.6. The number of ketones is 2. The van der Waals surface area contributed by atoms with Crippen LogP contribution in [0.1, 0.15) is 106 Å². The molecular weight excluding hydrogens is 1080 g/mol. The Balaban J connectivity index is 0.000000701. The van der Waals surface area contributed by atoms with E-state index in [4.69, 9.17) is 49.4 Å². The number of hydrogen-bond acceptors (Lipinski definition) is 20. The van der Waals surface area contributed by atoms with Crippen molar-refractivity contribution in [3.63, 3.8) is 0 Å². The van der Waals surface area contributed by atoms with Crippen LogP contribution in [0.15, 0.2) is 36.4 Å². The average Bonchev–Trinajstić information content (AvgIpc) is 3.23. The molecule has 0 spiro atoms. The van der Waals surface area contributed by atoms with Gasteiger partial charge in [0.2, 0.25) is 0 Å². The highest BCUT2D eigenvalue weighted by Gasteiger charge is 2.31. The van der Waals surface area contributed by atoms with Gasteiger partial charge in [-0.15, -0.1) is 34.0 Å². The number of ether oxygens (including phenoxy) is 8. The molecule has 0 saturated heterocycles. The number of carbonyl (C=O) groups excluding carboxylic acids is 10. The quantitative estimate of drug-likeness (QED) is 0.0885. The van der Waals surface area contributed by atoms with Crippen molar-refractivity contribution in [2.45, 2.75) is 156 Å². The van der Waals surface area contributed by atoms with Crippen molar-refractivity contribution in [3.8, 4) is 23.0 Å². The predicted molar refractivity (Wildman–Crippen MR) is 266 cm³/mol. The third-order valence-corrected chi connectivity index (χ3v) is 9.88. The smallest absolute Gasteiger partial charge is 0.408 e. The molecule has 0 radical (unpaired) electrons. The summed E-state index contributed by atoms with van der Waals surface area (Å²) in [6.45, 7) is 16.8. The summed E-state index contributed by atoms with van der Waals surface area (Å²) in [5.41, 5.74) is 12.2. The van der Waals surface area contributed by atoms with Crippen LogP contribution in [-0.4, -0.2) is 108 Å². The van der Waals surface area contributed by atoms with Crippen LogP contribution in [0.5, 0.6) is 23.0 Å². The molecule has 0 aliphatic carbocycles. The first kappa shape index (κ1) is 64.0. The second-order valence-corrected chi connectivity index (χ2v) is 17.8. The molecule has 2 aromatic rings. The van der Waals surface area contributed by atoms with E-state index in [-0.39, 0.29) is 119 Å². The Morgan fingerprint density at radius 3 is 1.22 bits per heavy atom. The summed E-state index contributed by atoms with van der Waals surface area (Å²) in [4.78, 5) is 122. The summed E-state index contributed by atoms with van der Waals surface area (Å²) in [6.07, 6.45) is -4.72. The van der Waals surface area contributed by atoms with Gasteiger partial charge in [0.15, 0.2) is 23.0 Å². The Morgan fingerprint density at radius 1 is 0.528 bits per heavy atom. The van der Waals surface area contributed by atoms with Crippen LogP contribution in [0, 0.1) is 11.8 Å². The Bertz CT molecular complexity index is 2270. The Labute approximate surface area is 438 Å². The van der Waals surface area contributed by atoms with Gasteiger partial charge in [0.1, 0.15) is 47.9 Å². The highest BCUT2D eigenvalue weighted by atomic mass is 79.9. The Kier molecular flexibility index (Phi) is 26.8. The van der Waals surface area contributed by atoms with Crippen molar-refractivity contribution in [1.82, 2.24) is 10.6 Å². The van der Waals surface area contributed by atoms with Gasteiger partial charge in [-0.05, 0) is 76.9 Å².